The number of Topliss-reactive ketones (excluding diaryl/α,β-unsaturated/α-hetero) is 2. The summed E-state index contributed by atoms with van der Waals surface area (Å²) >= 11 is 0. The molecule has 0 amide bonds. The monoisotopic (exact) mass is 389 g/mol. The normalized spacial score (nSPS) is 17.1. The summed E-state index contributed by atoms with van der Waals surface area (Å²) in [6.45, 7) is 2.55. The molecule has 5 heteroatoms. The molecule has 2 aromatic carbocycles. The van der Waals surface area contributed by atoms with E-state index in [1.165, 1.54) is 24.3 Å². The van der Waals surface area contributed by atoms with E-state index in [9.17, 15) is 14.0 Å². The highest BCUT2D eigenvalue weighted by Crippen LogP contribution is 2.21. The minimum Gasteiger partial charge on any atom is -0.303 e. The Morgan fingerprint density at radius 3 is 2.41 bits per heavy atom. The van der Waals surface area contributed by atoms with Crippen LogP contribution in [0.4, 0.5) is 4.39 Å². The molecule has 0 bridgehead atoms. The van der Waals surface area contributed by atoms with Crippen molar-refractivity contribution in [1.82, 2.24) is 4.90 Å². The van der Waals surface area contributed by atoms with Gasteiger partial charge in [0, 0.05) is 30.0 Å². The van der Waals surface area contributed by atoms with Crippen LogP contribution in [0.1, 0.15) is 46.4 Å². The Kier molecular flexibility index (Phi) is 8.14. The second kappa shape index (κ2) is 10.3. The van der Waals surface area contributed by atoms with Crippen LogP contribution in [0.15, 0.2) is 54.6 Å². The lowest BCUT2D eigenvalue weighted by Gasteiger charge is -2.32. The van der Waals surface area contributed by atoms with E-state index < -0.39 is 0 Å². The largest absolute Gasteiger partial charge is 0.303 e. The van der Waals surface area contributed by atoms with Gasteiger partial charge in [-0.1, -0.05) is 30.3 Å². The average molecular weight is 390 g/mol. The Bertz CT molecular complexity index is 749. The fraction of sp³-hybridized carbons (Fsp3) is 0.364. The van der Waals surface area contributed by atoms with Gasteiger partial charge in [0.2, 0.25) is 0 Å². The molecule has 0 aromatic heterocycles. The first-order valence-corrected chi connectivity index (χ1v) is 9.24. The quantitative estimate of drug-likeness (QED) is 0.638. The van der Waals surface area contributed by atoms with E-state index >= 15 is 0 Å². The van der Waals surface area contributed by atoms with E-state index in [4.69, 9.17) is 0 Å². The Labute approximate surface area is 166 Å². The number of halogens is 2. The predicted molar refractivity (Wildman–Crippen MR) is 107 cm³/mol. The third-order valence-corrected chi connectivity index (χ3v) is 4.98. The number of hydrogen-bond donors (Lipinski definition) is 0. The summed E-state index contributed by atoms with van der Waals surface area (Å²) in [4.78, 5) is 27.1. The molecule has 1 aliphatic rings. The molecule has 1 heterocycles. The van der Waals surface area contributed by atoms with E-state index in [0.29, 0.717) is 12.0 Å². The molecule has 1 unspecified atom stereocenters. The molecule has 0 aliphatic carbocycles. The van der Waals surface area contributed by atoms with Gasteiger partial charge in [-0.15, -0.1) is 12.4 Å². The van der Waals surface area contributed by atoms with Crippen LogP contribution in [0, 0.1) is 11.7 Å². The SMILES string of the molecule is Cl.O=C(CCCN1CCCC(C(=O)c2ccccc2)C1)c1ccc(F)cc1. The van der Waals surface area contributed by atoms with Gasteiger partial charge in [0.1, 0.15) is 5.82 Å². The maximum atomic E-state index is 12.9. The second-order valence-electron chi connectivity index (χ2n) is 6.90. The van der Waals surface area contributed by atoms with Crippen LogP contribution < -0.4 is 0 Å². The van der Waals surface area contributed by atoms with Gasteiger partial charge in [-0.05, 0) is 56.6 Å². The number of carbonyl (C=O) groups excluding carboxylic acids is 2. The third kappa shape index (κ3) is 5.98. The number of hydrogen-bond acceptors (Lipinski definition) is 3. The first kappa shape index (κ1) is 21.3. The van der Waals surface area contributed by atoms with Crippen LogP contribution in [0.3, 0.4) is 0 Å². The van der Waals surface area contributed by atoms with E-state index in [1.54, 1.807) is 0 Å². The molecule has 3 nitrogen and oxygen atoms in total. The van der Waals surface area contributed by atoms with Crippen molar-refractivity contribution in [2.75, 3.05) is 19.6 Å². The van der Waals surface area contributed by atoms with Crippen molar-refractivity contribution >= 4 is 24.0 Å². The van der Waals surface area contributed by atoms with Crippen molar-refractivity contribution in [2.24, 2.45) is 5.92 Å². The van der Waals surface area contributed by atoms with E-state index in [-0.39, 0.29) is 35.7 Å². The molecule has 2 aromatic rings. The highest BCUT2D eigenvalue weighted by molar-refractivity contribution is 5.98. The number of piperidine rings is 1. The van der Waals surface area contributed by atoms with Gasteiger partial charge < -0.3 is 4.90 Å². The summed E-state index contributed by atoms with van der Waals surface area (Å²) in [5.41, 5.74) is 1.34. The summed E-state index contributed by atoms with van der Waals surface area (Å²) in [7, 11) is 0. The van der Waals surface area contributed by atoms with Crippen LogP contribution in [0.2, 0.25) is 0 Å². The van der Waals surface area contributed by atoms with E-state index in [1.807, 2.05) is 30.3 Å². The summed E-state index contributed by atoms with van der Waals surface area (Å²) in [5, 5.41) is 0. The third-order valence-electron chi connectivity index (χ3n) is 4.98. The summed E-state index contributed by atoms with van der Waals surface area (Å²) in [5.74, 6) is -0.0282. The summed E-state index contributed by atoms with van der Waals surface area (Å²) < 4.78 is 12.9. The molecule has 3 rings (SSSR count). The van der Waals surface area contributed by atoms with Gasteiger partial charge in [-0.25, -0.2) is 4.39 Å². The van der Waals surface area contributed by atoms with Gasteiger partial charge in [0.15, 0.2) is 11.6 Å². The van der Waals surface area contributed by atoms with Crippen LogP contribution in [-0.4, -0.2) is 36.1 Å². The van der Waals surface area contributed by atoms with Crippen molar-refractivity contribution in [3.05, 3.63) is 71.5 Å². The Hall–Kier alpha value is -2.04. The molecular formula is C22H25ClFNO2. The van der Waals surface area contributed by atoms with Crippen LogP contribution in [-0.2, 0) is 0 Å². The van der Waals surface area contributed by atoms with E-state index in [0.717, 1.165) is 44.5 Å². The highest BCUT2D eigenvalue weighted by atomic mass is 35.5. The van der Waals surface area contributed by atoms with Crippen LogP contribution in [0.5, 0.6) is 0 Å². The zero-order valence-corrected chi connectivity index (χ0v) is 16.1. The minimum absolute atomic E-state index is 0. The van der Waals surface area contributed by atoms with Crippen molar-refractivity contribution in [3.63, 3.8) is 0 Å². The van der Waals surface area contributed by atoms with Gasteiger partial charge in [-0.2, -0.15) is 0 Å². The molecule has 0 spiro atoms. The molecule has 0 N–H and O–H groups in total. The minimum atomic E-state index is -0.330. The van der Waals surface area contributed by atoms with Crippen LogP contribution in [0.25, 0.3) is 0 Å². The van der Waals surface area contributed by atoms with Crippen molar-refractivity contribution in [2.45, 2.75) is 25.7 Å². The second-order valence-corrected chi connectivity index (χ2v) is 6.90. The fourth-order valence-corrected chi connectivity index (χ4v) is 3.55. The molecule has 0 saturated carbocycles. The molecule has 1 saturated heterocycles. The molecule has 0 radical (unpaired) electrons. The lowest BCUT2D eigenvalue weighted by molar-refractivity contribution is 0.0811. The Morgan fingerprint density at radius 1 is 1.00 bits per heavy atom. The van der Waals surface area contributed by atoms with Crippen molar-refractivity contribution in [3.8, 4) is 0 Å². The highest BCUT2D eigenvalue weighted by Gasteiger charge is 2.26. The Balaban J connectivity index is 0.00000261. The molecule has 144 valence electrons. The smallest absolute Gasteiger partial charge is 0.167 e. The molecule has 1 fully saturated rings. The lowest BCUT2D eigenvalue weighted by atomic mass is 9.90. The predicted octanol–water partition coefficient (Wildman–Crippen LogP) is 4.81. The molecular weight excluding hydrogens is 365 g/mol. The molecule has 1 atom stereocenters. The Morgan fingerprint density at radius 2 is 1.70 bits per heavy atom. The van der Waals surface area contributed by atoms with E-state index in [2.05, 4.69) is 4.90 Å². The number of ketones is 2. The van der Waals surface area contributed by atoms with Crippen LogP contribution >= 0.6 is 12.4 Å². The van der Waals surface area contributed by atoms with Crippen molar-refractivity contribution in [1.29, 1.82) is 0 Å². The first-order chi connectivity index (χ1) is 12.6. The van der Waals surface area contributed by atoms with Gasteiger partial charge in [-0.3, -0.25) is 9.59 Å². The summed E-state index contributed by atoms with van der Waals surface area (Å²) in [6, 6.07) is 15.2. The maximum Gasteiger partial charge on any atom is 0.167 e. The summed E-state index contributed by atoms with van der Waals surface area (Å²) in [6.07, 6.45) is 3.13. The topological polar surface area (TPSA) is 37.4 Å². The van der Waals surface area contributed by atoms with Gasteiger partial charge in [0.25, 0.3) is 0 Å². The zero-order chi connectivity index (χ0) is 18.4. The number of rotatable bonds is 7. The lowest BCUT2D eigenvalue weighted by Crippen LogP contribution is -2.39. The number of nitrogens with zero attached hydrogens (tertiary/aromatic N) is 1. The molecule has 27 heavy (non-hydrogen) atoms. The zero-order valence-electron chi connectivity index (χ0n) is 15.3. The fourth-order valence-electron chi connectivity index (χ4n) is 3.55. The average Bonchev–Trinajstić information content (AvgIpc) is 2.69. The van der Waals surface area contributed by atoms with Gasteiger partial charge >= 0.3 is 0 Å². The maximum absolute atomic E-state index is 12.9. The number of likely N-dealkylation sites (tertiary alicyclic amines) is 1. The van der Waals surface area contributed by atoms with Gasteiger partial charge in [0.05, 0.1) is 0 Å². The molecule has 1 aliphatic heterocycles. The number of carbonyl (C=O) groups is 2. The number of benzene rings is 2. The standard InChI is InChI=1S/C22H24FNO2.ClH/c23-20-12-10-17(11-13-20)21(25)9-5-15-24-14-4-8-19(16-24)22(26)18-6-2-1-3-7-18;/h1-3,6-7,10-13,19H,4-5,8-9,14-16H2;1H. The first-order valence-electron chi connectivity index (χ1n) is 9.24. The van der Waals surface area contributed by atoms with Crippen molar-refractivity contribution < 1.29 is 14.0 Å².